The van der Waals surface area contributed by atoms with E-state index in [1.165, 1.54) is 77.4 Å². The van der Waals surface area contributed by atoms with Crippen molar-refractivity contribution >= 4 is 38.9 Å². The third kappa shape index (κ3) is 4.41. The Morgan fingerprint density at radius 3 is 1.61 bits per heavy atom. The zero-order valence-electron chi connectivity index (χ0n) is 31.2. The minimum absolute atomic E-state index is 0.441. The van der Waals surface area contributed by atoms with Crippen LogP contribution in [0.5, 0.6) is 0 Å². The van der Waals surface area contributed by atoms with Gasteiger partial charge in [0.2, 0.25) is 0 Å². The van der Waals surface area contributed by atoms with E-state index < -0.39 is 5.41 Å². The van der Waals surface area contributed by atoms with E-state index in [-0.39, 0.29) is 0 Å². The predicted octanol–water partition coefficient (Wildman–Crippen LogP) is 14.3. The van der Waals surface area contributed by atoms with Crippen molar-refractivity contribution in [1.29, 1.82) is 0 Å². The topological polar surface area (TPSA) is 8.17 Å². The first-order chi connectivity index (χ1) is 28.3. The van der Waals surface area contributed by atoms with Crippen molar-refractivity contribution in [3.8, 4) is 39.1 Å². The van der Waals surface area contributed by atoms with Crippen molar-refractivity contribution in [2.45, 2.75) is 5.41 Å². The molecule has 2 aliphatic rings. The number of anilines is 3. The molecule has 10 aromatic rings. The van der Waals surface area contributed by atoms with Crippen molar-refractivity contribution in [2.24, 2.45) is 0 Å². The van der Waals surface area contributed by atoms with Gasteiger partial charge in [-0.2, -0.15) is 0 Å². The number of rotatable bonds is 5. The molecule has 12 rings (SSSR count). The maximum absolute atomic E-state index is 2.52. The van der Waals surface area contributed by atoms with Gasteiger partial charge in [-0.15, -0.1) is 0 Å². The lowest BCUT2D eigenvalue weighted by molar-refractivity contribution is 0.794. The summed E-state index contributed by atoms with van der Waals surface area (Å²) in [6.07, 6.45) is 0. The van der Waals surface area contributed by atoms with Gasteiger partial charge in [0.1, 0.15) is 0 Å². The molecule has 0 amide bonds. The maximum atomic E-state index is 2.52. The van der Waals surface area contributed by atoms with Crippen LogP contribution in [0.25, 0.3) is 60.9 Å². The minimum Gasteiger partial charge on any atom is -0.309 e. The van der Waals surface area contributed by atoms with E-state index in [1.54, 1.807) is 0 Å². The normalized spacial score (nSPS) is 13.1. The largest absolute Gasteiger partial charge is 0.309 e. The summed E-state index contributed by atoms with van der Waals surface area (Å²) in [5.74, 6) is 0. The Labute approximate surface area is 332 Å². The Balaban J connectivity index is 1.19. The highest BCUT2D eigenvalue weighted by Crippen LogP contribution is 2.64. The molecule has 2 heteroatoms. The molecule has 9 aromatic carbocycles. The predicted molar refractivity (Wildman–Crippen MR) is 237 cm³/mol. The lowest BCUT2D eigenvalue weighted by Crippen LogP contribution is -2.26. The number of fused-ring (bicyclic) bond motifs is 13. The second-order valence-corrected chi connectivity index (χ2v) is 15.2. The molecule has 2 nitrogen and oxygen atoms in total. The molecule has 1 aromatic heterocycles. The van der Waals surface area contributed by atoms with Crippen molar-refractivity contribution in [3.05, 3.63) is 241 Å². The fourth-order valence-electron chi connectivity index (χ4n) is 10.2. The molecule has 0 radical (unpaired) electrons. The SMILES string of the molecule is c1ccc(-c2ccccc2N(c2ccc3c4ccccc4n(-c4ccccc4)c3c2)c2cccc3c2-c2ccccc2C32c3ccccc3-c3ccccc32)cc1. The molecule has 0 saturated carbocycles. The van der Waals surface area contributed by atoms with E-state index in [4.69, 9.17) is 0 Å². The Kier molecular flexibility index (Phi) is 6.88. The number of hydrogen-bond donors (Lipinski definition) is 0. The average Bonchev–Trinajstić information content (AvgIpc) is 3.89. The van der Waals surface area contributed by atoms with Gasteiger partial charge in [-0.25, -0.2) is 0 Å². The molecule has 0 fully saturated rings. The molecule has 0 saturated heterocycles. The molecule has 1 heterocycles. The highest BCUT2D eigenvalue weighted by molar-refractivity contribution is 6.11. The van der Waals surface area contributed by atoms with Crippen LogP contribution in [-0.2, 0) is 5.41 Å². The van der Waals surface area contributed by atoms with E-state index in [9.17, 15) is 0 Å². The molecule has 0 aliphatic heterocycles. The Hall–Kier alpha value is -7.42. The van der Waals surface area contributed by atoms with Crippen LogP contribution in [0.15, 0.2) is 218 Å². The third-order valence-electron chi connectivity index (χ3n) is 12.4. The van der Waals surface area contributed by atoms with Crippen LogP contribution < -0.4 is 4.90 Å². The maximum Gasteiger partial charge on any atom is 0.0726 e. The van der Waals surface area contributed by atoms with Gasteiger partial charge in [-0.3, -0.25) is 0 Å². The van der Waals surface area contributed by atoms with Crippen LogP contribution in [0.1, 0.15) is 22.3 Å². The Morgan fingerprint density at radius 2 is 0.877 bits per heavy atom. The van der Waals surface area contributed by atoms with Gasteiger partial charge in [0.05, 0.1) is 27.8 Å². The molecular weight excluding hydrogens is 689 g/mol. The molecule has 0 atom stereocenters. The highest BCUT2D eigenvalue weighted by Gasteiger charge is 2.52. The fourth-order valence-corrected chi connectivity index (χ4v) is 10.2. The summed E-state index contributed by atoms with van der Waals surface area (Å²) in [4.78, 5) is 2.52. The summed E-state index contributed by atoms with van der Waals surface area (Å²) < 4.78 is 2.42. The second kappa shape index (κ2) is 12.3. The number of hydrogen-bond acceptors (Lipinski definition) is 1. The number of aromatic nitrogens is 1. The smallest absolute Gasteiger partial charge is 0.0726 e. The van der Waals surface area contributed by atoms with Gasteiger partial charge < -0.3 is 9.47 Å². The monoisotopic (exact) mass is 724 g/mol. The van der Waals surface area contributed by atoms with Crippen LogP contribution in [0.3, 0.4) is 0 Å². The zero-order valence-corrected chi connectivity index (χ0v) is 31.2. The van der Waals surface area contributed by atoms with Crippen molar-refractivity contribution in [1.82, 2.24) is 4.57 Å². The van der Waals surface area contributed by atoms with E-state index in [2.05, 4.69) is 228 Å². The Bertz CT molecular complexity index is 3150. The first-order valence-corrected chi connectivity index (χ1v) is 19.8. The summed E-state index contributed by atoms with van der Waals surface area (Å²) in [5, 5.41) is 2.48. The summed E-state index contributed by atoms with van der Waals surface area (Å²) in [5.41, 5.74) is 19.3. The zero-order chi connectivity index (χ0) is 37.5. The van der Waals surface area contributed by atoms with E-state index in [1.807, 2.05) is 0 Å². The molecule has 0 unspecified atom stereocenters. The van der Waals surface area contributed by atoms with Crippen LogP contribution >= 0.6 is 0 Å². The summed E-state index contributed by atoms with van der Waals surface area (Å²) >= 11 is 0. The number of benzene rings is 9. The van der Waals surface area contributed by atoms with Gasteiger partial charge in [0, 0.05) is 33.3 Å². The van der Waals surface area contributed by atoms with Crippen molar-refractivity contribution in [2.75, 3.05) is 4.90 Å². The summed E-state index contributed by atoms with van der Waals surface area (Å²) in [6.45, 7) is 0. The molecule has 0 bridgehead atoms. The molecule has 57 heavy (non-hydrogen) atoms. The first kappa shape index (κ1) is 31.9. The molecule has 266 valence electrons. The molecule has 2 aliphatic carbocycles. The van der Waals surface area contributed by atoms with E-state index >= 15 is 0 Å². The van der Waals surface area contributed by atoms with Gasteiger partial charge >= 0.3 is 0 Å². The quantitative estimate of drug-likeness (QED) is 0.172. The van der Waals surface area contributed by atoms with Gasteiger partial charge in [0.15, 0.2) is 0 Å². The fraction of sp³-hybridized carbons (Fsp3) is 0.0182. The molecular formula is C55H36N2. The second-order valence-electron chi connectivity index (χ2n) is 15.2. The van der Waals surface area contributed by atoms with Gasteiger partial charge in [-0.1, -0.05) is 176 Å². The average molecular weight is 725 g/mol. The molecule has 1 spiro atoms. The van der Waals surface area contributed by atoms with Crippen molar-refractivity contribution in [3.63, 3.8) is 0 Å². The minimum atomic E-state index is -0.441. The number of para-hydroxylation sites is 3. The van der Waals surface area contributed by atoms with Gasteiger partial charge in [0.25, 0.3) is 0 Å². The summed E-state index contributed by atoms with van der Waals surface area (Å²) in [6, 6.07) is 80.5. The molecule has 0 N–H and O–H groups in total. The van der Waals surface area contributed by atoms with E-state index in [0.717, 1.165) is 22.7 Å². The standard InChI is InChI=1S/C55H36N2/c1-3-18-37(19-4-1)40-22-10-15-31-50(40)57(39-34-35-44-43-25-11-16-32-51(43)56(53(44)36-39)38-20-5-2-6-21-38)52-33-17-30-49-54(52)45-26-9-14-29-48(45)55(49)46-27-12-7-23-41(46)42-24-8-13-28-47(42)55/h1-36H. The van der Waals surface area contributed by atoms with E-state index in [0.29, 0.717) is 0 Å². The first-order valence-electron chi connectivity index (χ1n) is 19.8. The third-order valence-corrected chi connectivity index (χ3v) is 12.4. The number of nitrogens with zero attached hydrogens (tertiary/aromatic N) is 2. The highest BCUT2D eigenvalue weighted by atomic mass is 15.2. The van der Waals surface area contributed by atoms with Crippen LogP contribution in [-0.4, -0.2) is 4.57 Å². The van der Waals surface area contributed by atoms with Crippen molar-refractivity contribution < 1.29 is 0 Å². The van der Waals surface area contributed by atoms with Crippen LogP contribution in [0.4, 0.5) is 17.1 Å². The van der Waals surface area contributed by atoms with Crippen LogP contribution in [0, 0.1) is 0 Å². The van der Waals surface area contributed by atoms with Gasteiger partial charge in [-0.05, 0) is 87.0 Å². The Morgan fingerprint density at radius 1 is 0.351 bits per heavy atom. The van der Waals surface area contributed by atoms with Crippen LogP contribution in [0.2, 0.25) is 0 Å². The lowest BCUT2D eigenvalue weighted by Gasteiger charge is -2.32. The summed E-state index contributed by atoms with van der Waals surface area (Å²) in [7, 11) is 0. The lowest BCUT2D eigenvalue weighted by atomic mass is 9.70.